The van der Waals surface area contributed by atoms with Crippen molar-refractivity contribution in [3.05, 3.63) is 123 Å². The number of aliphatic hydroxyl groups is 1. The van der Waals surface area contributed by atoms with Crippen LogP contribution in [0.15, 0.2) is 72.9 Å². The van der Waals surface area contributed by atoms with E-state index in [4.69, 9.17) is 16.2 Å². The van der Waals surface area contributed by atoms with Crippen molar-refractivity contribution >= 4 is 33.2 Å². The number of nitrogens with two attached hydrogens (primary N) is 2. The maximum absolute atomic E-state index is 14.2. The number of phenols is 2. The molecule has 0 amide bonds. The molecule has 8 bridgehead atoms. The second-order valence-electron chi connectivity index (χ2n) is 19.8. The molecule has 1 aliphatic heterocycles. The van der Waals surface area contributed by atoms with Gasteiger partial charge < -0.3 is 36.5 Å². The number of rotatable bonds is 3. The number of aliphatic hydroxyl groups excluding tert-OH is 1. The summed E-state index contributed by atoms with van der Waals surface area (Å²) in [5.74, 6) is 8.34. The summed E-state index contributed by atoms with van der Waals surface area (Å²) in [6.07, 6.45) is 16.0. The highest BCUT2D eigenvalue weighted by Crippen LogP contribution is 2.65. The van der Waals surface area contributed by atoms with E-state index >= 15 is 0 Å². The quantitative estimate of drug-likeness (QED) is 0.0661. The number of phenolic OH excluding ortho intramolecular Hbond substituents is 2. The lowest BCUT2D eigenvalue weighted by Crippen LogP contribution is -2.39. The van der Waals surface area contributed by atoms with Crippen LogP contribution in [0.25, 0.3) is 0 Å². The summed E-state index contributed by atoms with van der Waals surface area (Å²) >= 11 is 0. The molecule has 3 fully saturated rings. The lowest BCUT2D eigenvalue weighted by Gasteiger charge is -2.46. The molecule has 336 valence electrons. The minimum absolute atomic E-state index is 0.0194. The SMILES string of the molecule is CC1(CC2CCC34CSSCc5cc6c(cc5C(N)N)C#CCc5[nH]ccc5C(=O)CC6c5cc(ccc5O)CCOc5cc(ccc5O)CCC(=O)C=CC2(CC3O)C4)CCCC1. The Morgan fingerprint density at radius 2 is 1.73 bits per heavy atom. The molecule has 11 heteroatoms. The summed E-state index contributed by atoms with van der Waals surface area (Å²) in [5.41, 5.74) is 19.8. The zero-order chi connectivity index (χ0) is 44.6. The van der Waals surface area contributed by atoms with Gasteiger partial charge in [-0.15, -0.1) is 0 Å². The third kappa shape index (κ3) is 9.19. The molecular weight excluding hydrogens is 839 g/mol. The molecule has 2 heterocycles. The highest BCUT2D eigenvalue weighted by molar-refractivity contribution is 8.76. The molecule has 8 N–H and O–H groups in total. The number of aromatic hydroxyl groups is 2. The molecule has 4 aliphatic carbocycles. The number of fused-ring (bicyclic) bond motifs is 7. The van der Waals surface area contributed by atoms with E-state index in [0.717, 1.165) is 64.9 Å². The molecule has 3 aromatic carbocycles. The predicted molar refractivity (Wildman–Crippen MR) is 255 cm³/mol. The van der Waals surface area contributed by atoms with Crippen LogP contribution in [0.2, 0.25) is 0 Å². The molecule has 0 radical (unpaired) electrons. The number of ether oxygens (including phenoxy) is 1. The van der Waals surface area contributed by atoms with Gasteiger partial charge in [-0.2, -0.15) is 0 Å². The molecule has 0 spiro atoms. The molecule has 5 unspecified atom stereocenters. The monoisotopic (exact) mass is 899 g/mol. The molecule has 9 nitrogen and oxygen atoms in total. The van der Waals surface area contributed by atoms with Crippen molar-refractivity contribution in [3.63, 3.8) is 0 Å². The Labute approximate surface area is 385 Å². The lowest BCUT2D eigenvalue weighted by molar-refractivity contribution is -0.114. The van der Waals surface area contributed by atoms with E-state index in [1.807, 2.05) is 36.4 Å². The Kier molecular flexibility index (Phi) is 12.9. The number of carbonyl (C=O) groups is 2. The maximum atomic E-state index is 14.2. The van der Waals surface area contributed by atoms with Crippen LogP contribution in [-0.2, 0) is 29.8 Å². The smallest absolute Gasteiger partial charge is 0.165 e. The number of aromatic amines is 1. The zero-order valence-electron chi connectivity index (χ0n) is 36.8. The van der Waals surface area contributed by atoms with Crippen LogP contribution in [0.4, 0.5) is 0 Å². The maximum Gasteiger partial charge on any atom is 0.165 e. The van der Waals surface area contributed by atoms with Crippen LogP contribution in [0.3, 0.4) is 0 Å². The summed E-state index contributed by atoms with van der Waals surface area (Å²) in [7, 11) is 3.50. The van der Waals surface area contributed by atoms with Gasteiger partial charge in [0.1, 0.15) is 5.75 Å². The van der Waals surface area contributed by atoms with Crippen molar-refractivity contribution in [2.24, 2.45) is 33.6 Å². The van der Waals surface area contributed by atoms with E-state index in [0.29, 0.717) is 71.6 Å². The minimum atomic E-state index is -0.770. The van der Waals surface area contributed by atoms with Crippen LogP contribution < -0.4 is 16.2 Å². The molecular formula is C53H61N3O6S2. The van der Waals surface area contributed by atoms with Gasteiger partial charge in [-0.3, -0.25) is 9.59 Å². The average Bonchev–Trinajstić information content (AvgIpc) is 3.99. The van der Waals surface area contributed by atoms with Gasteiger partial charge in [0.15, 0.2) is 23.1 Å². The second-order valence-corrected chi connectivity index (χ2v) is 22.2. The highest BCUT2D eigenvalue weighted by atomic mass is 33.1. The Balaban J connectivity index is 1.09. The van der Waals surface area contributed by atoms with Gasteiger partial charge >= 0.3 is 0 Å². The van der Waals surface area contributed by atoms with Gasteiger partial charge in [0, 0.05) is 70.7 Å². The summed E-state index contributed by atoms with van der Waals surface area (Å²) in [6.45, 7) is 2.69. The summed E-state index contributed by atoms with van der Waals surface area (Å²) in [6, 6.07) is 16.6. The van der Waals surface area contributed by atoms with E-state index in [-0.39, 0.29) is 46.9 Å². The third-order valence-corrected chi connectivity index (χ3v) is 17.9. The molecule has 1 aromatic heterocycles. The fourth-order valence-electron chi connectivity index (χ4n) is 11.8. The van der Waals surface area contributed by atoms with E-state index in [9.17, 15) is 24.9 Å². The molecule has 9 rings (SSSR count). The number of hydrogen-bond acceptors (Lipinski definition) is 10. The highest BCUT2D eigenvalue weighted by Gasteiger charge is 2.59. The zero-order valence-corrected chi connectivity index (χ0v) is 38.4. The largest absolute Gasteiger partial charge is 0.508 e. The number of aryl methyl sites for hydroxylation is 1. The van der Waals surface area contributed by atoms with Gasteiger partial charge in [-0.05, 0) is 132 Å². The first-order valence-electron chi connectivity index (χ1n) is 23.1. The molecule has 4 aromatic rings. The number of hydrogen-bond donors (Lipinski definition) is 6. The Hall–Kier alpha value is -4.44. The predicted octanol–water partition coefficient (Wildman–Crippen LogP) is 9.74. The number of benzene rings is 3. The third-order valence-electron chi connectivity index (χ3n) is 15.4. The van der Waals surface area contributed by atoms with Crippen LogP contribution in [0.1, 0.15) is 145 Å². The van der Waals surface area contributed by atoms with Crippen molar-refractivity contribution in [3.8, 4) is 29.1 Å². The molecule has 64 heavy (non-hydrogen) atoms. The summed E-state index contributed by atoms with van der Waals surface area (Å²) < 4.78 is 6.17. The van der Waals surface area contributed by atoms with Crippen molar-refractivity contribution in [1.29, 1.82) is 0 Å². The fourth-order valence-corrected chi connectivity index (χ4v) is 14.6. The normalized spacial score (nSPS) is 27.1. The van der Waals surface area contributed by atoms with Gasteiger partial charge in [0.25, 0.3) is 0 Å². The Bertz CT molecular complexity index is 2510. The van der Waals surface area contributed by atoms with E-state index in [2.05, 4.69) is 35.9 Å². The van der Waals surface area contributed by atoms with Crippen LogP contribution in [0, 0.1) is 34.0 Å². The number of aromatic nitrogens is 1. The second kappa shape index (κ2) is 18.4. The summed E-state index contributed by atoms with van der Waals surface area (Å²) in [4.78, 5) is 31.1. The van der Waals surface area contributed by atoms with Crippen molar-refractivity contribution < 1.29 is 29.6 Å². The molecule has 5 atom stereocenters. The Morgan fingerprint density at radius 3 is 2.55 bits per heavy atom. The van der Waals surface area contributed by atoms with Crippen molar-refractivity contribution in [2.75, 3.05) is 12.4 Å². The van der Waals surface area contributed by atoms with Gasteiger partial charge in [-0.1, -0.05) is 83.5 Å². The van der Waals surface area contributed by atoms with Crippen LogP contribution in [-0.4, -0.2) is 50.3 Å². The summed E-state index contributed by atoms with van der Waals surface area (Å²) in [5, 5.41) is 34.5. The molecule has 5 aliphatic rings. The lowest BCUT2D eigenvalue weighted by atomic mass is 9.59. The first-order valence-corrected chi connectivity index (χ1v) is 25.6. The van der Waals surface area contributed by atoms with Gasteiger partial charge in [0.2, 0.25) is 0 Å². The first kappa shape index (κ1) is 44.7. The van der Waals surface area contributed by atoms with E-state index in [1.165, 1.54) is 25.7 Å². The van der Waals surface area contributed by atoms with E-state index < -0.39 is 18.2 Å². The fraction of sp³-hybridized carbons (Fsp3) is 0.472. The van der Waals surface area contributed by atoms with Crippen molar-refractivity contribution in [1.82, 2.24) is 4.98 Å². The number of H-pyrrole nitrogens is 1. The Morgan fingerprint density at radius 1 is 0.938 bits per heavy atom. The van der Waals surface area contributed by atoms with Crippen LogP contribution >= 0.6 is 21.6 Å². The minimum Gasteiger partial charge on any atom is -0.508 e. The topological polar surface area (TPSA) is 172 Å². The number of Topliss-reactive ketones (excluding diaryl/α,β-unsaturated/α-hetero) is 1. The number of allylic oxidation sites excluding steroid dienone is 2. The van der Waals surface area contributed by atoms with Crippen LogP contribution in [0.5, 0.6) is 17.2 Å². The molecule has 0 saturated heterocycles. The van der Waals surface area contributed by atoms with Gasteiger partial charge in [-0.25, -0.2) is 0 Å². The van der Waals surface area contributed by atoms with Gasteiger partial charge in [0.05, 0.1) is 25.3 Å². The number of carbonyl (C=O) groups excluding carboxylic acids is 2. The molecule has 3 saturated carbocycles. The van der Waals surface area contributed by atoms with E-state index in [1.54, 1.807) is 46.0 Å². The number of nitrogens with one attached hydrogen (secondary N) is 1. The first-order chi connectivity index (χ1) is 30.8. The average molecular weight is 900 g/mol. The van der Waals surface area contributed by atoms with Crippen molar-refractivity contribution in [2.45, 2.75) is 121 Å². The number of ketones is 2. The standard InChI is InChI=1S/C53H61N3O6S2/c1-51(17-2-3-18-51)28-37-13-19-53-31-52(37,29-49(53)61)20-14-38(57)10-7-33-9-12-46(59)48(24-33)62-22-16-34-8-11-45(58)43(23-34)42-27-47(60)39-15-21-56-44(39)6-4-5-35-25-41(50(54)55)36(26-40(35)42)30-63-64-32-53/h8-9,11-12,14-15,20-21,23-26,37,42,49-50,56,58-59,61H,2-3,6-7,10,13,16-19,22,27-32,54-55H2,1H3.